The highest BCUT2D eigenvalue weighted by Crippen LogP contribution is 2.18. The number of aliphatic hydroxyl groups excluding tert-OH is 1. The minimum atomic E-state index is -2.77. The Morgan fingerprint density at radius 1 is 1.33 bits per heavy atom. The van der Waals surface area contributed by atoms with Crippen molar-refractivity contribution in [3.05, 3.63) is 78.2 Å². The average molecular weight is 375 g/mol. The number of halogens is 3. The van der Waals surface area contributed by atoms with Crippen LogP contribution in [0.2, 0.25) is 0 Å². The van der Waals surface area contributed by atoms with E-state index in [2.05, 4.69) is 26.5 Å². The minimum absolute atomic E-state index is 0.00764. The summed E-state index contributed by atoms with van der Waals surface area (Å²) in [6.07, 6.45) is 2.24. The Bertz CT molecular complexity index is 909. The van der Waals surface area contributed by atoms with Crippen LogP contribution in [0.3, 0.4) is 0 Å². The number of rotatable bonds is 6. The predicted octanol–water partition coefficient (Wildman–Crippen LogP) is 3.09. The maximum Gasteiger partial charge on any atom is 0.280 e. The van der Waals surface area contributed by atoms with Crippen LogP contribution in [-0.2, 0) is 0 Å². The molecule has 2 aromatic rings. The van der Waals surface area contributed by atoms with Gasteiger partial charge in [0, 0.05) is 6.20 Å². The molecule has 0 radical (unpaired) electrons. The zero-order valence-corrected chi connectivity index (χ0v) is 14.1. The number of nitrogens with two attached hydrogens (primary N) is 1. The largest absolute Gasteiger partial charge is 0.392 e. The molecule has 0 amide bonds. The number of hydrogen-bond donors (Lipinski definition) is 2. The van der Waals surface area contributed by atoms with Gasteiger partial charge in [0.15, 0.2) is 17.5 Å². The molecule has 0 fully saturated rings. The molecule has 0 aliphatic heterocycles. The van der Waals surface area contributed by atoms with Crippen molar-refractivity contribution in [3.63, 3.8) is 0 Å². The van der Waals surface area contributed by atoms with E-state index in [0.29, 0.717) is 5.57 Å². The zero-order chi connectivity index (χ0) is 19.8. The van der Waals surface area contributed by atoms with Gasteiger partial charge < -0.3 is 10.8 Å². The second-order valence-electron chi connectivity index (χ2n) is 5.12. The number of alkyl halides is 2. The molecule has 0 unspecified atom stereocenters. The fraction of sp³-hybridized carbons (Fsp3) is 0.111. The number of amidine groups is 2. The summed E-state index contributed by atoms with van der Waals surface area (Å²) in [5.41, 5.74) is 5.68. The number of aliphatic imine (C=N–C) groups is 2. The summed E-state index contributed by atoms with van der Waals surface area (Å²) in [7, 11) is 0. The summed E-state index contributed by atoms with van der Waals surface area (Å²) >= 11 is 0. The number of nitrogens with zero attached hydrogens (tertiary/aromatic N) is 4. The first-order valence-corrected chi connectivity index (χ1v) is 7.66. The van der Waals surface area contributed by atoms with E-state index in [-0.39, 0.29) is 29.7 Å². The maximum absolute atomic E-state index is 13.8. The molecule has 27 heavy (non-hydrogen) atoms. The lowest BCUT2D eigenvalue weighted by molar-refractivity contribution is 0.146. The molecule has 6 nitrogen and oxygen atoms in total. The highest BCUT2D eigenvalue weighted by Gasteiger charge is 2.11. The molecular formula is C18H16F3N5O. The zero-order valence-electron chi connectivity index (χ0n) is 14.1. The first-order chi connectivity index (χ1) is 12.9. The van der Waals surface area contributed by atoms with Gasteiger partial charge >= 0.3 is 0 Å². The Labute approximate surface area is 153 Å². The van der Waals surface area contributed by atoms with Gasteiger partial charge in [0.05, 0.1) is 12.8 Å². The molecule has 0 bridgehead atoms. The molecule has 0 aliphatic rings. The third-order valence-corrected chi connectivity index (χ3v) is 3.24. The van der Waals surface area contributed by atoms with Crippen molar-refractivity contribution in [2.24, 2.45) is 15.7 Å². The van der Waals surface area contributed by atoms with E-state index in [9.17, 15) is 18.3 Å². The van der Waals surface area contributed by atoms with Crippen molar-refractivity contribution < 1.29 is 18.3 Å². The van der Waals surface area contributed by atoms with Crippen LogP contribution >= 0.6 is 0 Å². The first kappa shape index (κ1) is 20.0. The van der Waals surface area contributed by atoms with Crippen LogP contribution in [0.5, 0.6) is 0 Å². The molecule has 0 aliphatic carbocycles. The monoisotopic (exact) mass is 375 g/mol. The molecule has 0 spiro atoms. The fourth-order valence-corrected chi connectivity index (χ4v) is 1.90. The van der Waals surface area contributed by atoms with Crippen LogP contribution in [0.1, 0.15) is 17.8 Å². The highest BCUT2D eigenvalue weighted by atomic mass is 19.3. The van der Waals surface area contributed by atoms with E-state index in [4.69, 9.17) is 5.73 Å². The van der Waals surface area contributed by atoms with E-state index in [1.54, 1.807) is 0 Å². The average Bonchev–Trinajstić information content (AvgIpc) is 2.67. The quantitative estimate of drug-likeness (QED) is 0.461. The minimum Gasteiger partial charge on any atom is -0.392 e. The third-order valence-electron chi connectivity index (χ3n) is 3.24. The number of aromatic nitrogens is 2. The van der Waals surface area contributed by atoms with Gasteiger partial charge in [-0.25, -0.2) is 28.1 Å². The van der Waals surface area contributed by atoms with E-state index in [1.807, 2.05) is 0 Å². The fourth-order valence-electron chi connectivity index (χ4n) is 1.90. The Morgan fingerprint density at radius 2 is 2.11 bits per heavy atom. The summed E-state index contributed by atoms with van der Waals surface area (Å²) in [4.78, 5) is 15.4. The number of aliphatic hydroxyl groups is 1. The second kappa shape index (κ2) is 9.39. The molecule has 0 atom stereocenters. The van der Waals surface area contributed by atoms with E-state index in [0.717, 1.165) is 12.3 Å². The normalized spacial score (nSPS) is 13.1. The van der Waals surface area contributed by atoms with Crippen molar-refractivity contribution in [2.75, 3.05) is 6.61 Å². The summed E-state index contributed by atoms with van der Waals surface area (Å²) in [6, 6.07) is 5.24. The standard InChI is InChI=1S/C18H16F3N5O/c1-2-11(10-27)8-16(25-13-6-7-23-9-12(13)19)26-18(22)15-5-3-4-14(24-15)17(20)21/h2-9,17,27H,1,10H2,(H2,22,23,25,26)/b11-8-. The molecule has 2 heterocycles. The molecule has 3 N–H and O–H groups in total. The Kier molecular flexibility index (Phi) is 6.95. The smallest absolute Gasteiger partial charge is 0.280 e. The SMILES string of the molecule is C=C/C(=C/C(=Nc1ccncc1F)N=C(N)c1cccc(C(F)F)n1)CO. The summed E-state index contributed by atoms with van der Waals surface area (Å²) in [6.45, 7) is 3.17. The van der Waals surface area contributed by atoms with Crippen LogP contribution < -0.4 is 5.73 Å². The van der Waals surface area contributed by atoms with Crippen LogP contribution in [0.25, 0.3) is 0 Å². The Hall–Kier alpha value is -3.33. The lowest BCUT2D eigenvalue weighted by Crippen LogP contribution is -2.18. The van der Waals surface area contributed by atoms with Crippen molar-refractivity contribution in [2.45, 2.75) is 6.43 Å². The summed E-state index contributed by atoms with van der Waals surface area (Å²) in [5.74, 6) is -0.978. The lowest BCUT2D eigenvalue weighted by Gasteiger charge is -2.05. The van der Waals surface area contributed by atoms with Crippen molar-refractivity contribution in [1.82, 2.24) is 9.97 Å². The molecule has 0 saturated heterocycles. The van der Waals surface area contributed by atoms with Gasteiger partial charge in [-0.05, 0) is 29.8 Å². The van der Waals surface area contributed by atoms with Gasteiger partial charge in [-0.2, -0.15) is 0 Å². The molecular weight excluding hydrogens is 359 g/mol. The van der Waals surface area contributed by atoms with Crippen LogP contribution in [0.4, 0.5) is 18.9 Å². The van der Waals surface area contributed by atoms with Gasteiger partial charge in [-0.15, -0.1) is 0 Å². The predicted molar refractivity (Wildman–Crippen MR) is 96.6 cm³/mol. The first-order valence-electron chi connectivity index (χ1n) is 7.66. The van der Waals surface area contributed by atoms with Crippen LogP contribution in [-0.4, -0.2) is 33.4 Å². The van der Waals surface area contributed by atoms with Crippen molar-refractivity contribution in [3.8, 4) is 0 Å². The van der Waals surface area contributed by atoms with Gasteiger partial charge in [0.2, 0.25) is 0 Å². The van der Waals surface area contributed by atoms with Gasteiger partial charge in [-0.3, -0.25) is 4.98 Å². The van der Waals surface area contributed by atoms with E-state index in [1.165, 1.54) is 36.5 Å². The molecule has 2 aromatic heterocycles. The van der Waals surface area contributed by atoms with Gasteiger partial charge in [0.25, 0.3) is 6.43 Å². The summed E-state index contributed by atoms with van der Waals surface area (Å²) < 4.78 is 39.4. The molecule has 140 valence electrons. The Balaban J connectivity index is 2.52. The van der Waals surface area contributed by atoms with Crippen molar-refractivity contribution in [1.29, 1.82) is 0 Å². The molecule has 0 aromatic carbocycles. The number of hydrogen-bond acceptors (Lipinski definition) is 4. The van der Waals surface area contributed by atoms with E-state index >= 15 is 0 Å². The second-order valence-corrected chi connectivity index (χ2v) is 5.12. The summed E-state index contributed by atoms with van der Waals surface area (Å²) in [5, 5.41) is 9.29. The van der Waals surface area contributed by atoms with Gasteiger partial charge in [-0.1, -0.05) is 18.7 Å². The maximum atomic E-state index is 13.8. The van der Waals surface area contributed by atoms with Crippen LogP contribution in [0, 0.1) is 5.82 Å². The molecule has 0 saturated carbocycles. The highest BCUT2D eigenvalue weighted by molar-refractivity contribution is 6.08. The van der Waals surface area contributed by atoms with E-state index < -0.39 is 17.9 Å². The van der Waals surface area contributed by atoms with Crippen molar-refractivity contribution >= 4 is 17.4 Å². The Morgan fingerprint density at radius 3 is 2.74 bits per heavy atom. The number of pyridine rings is 2. The topological polar surface area (TPSA) is 96.8 Å². The molecule has 9 heteroatoms. The van der Waals surface area contributed by atoms with Crippen LogP contribution in [0.15, 0.2) is 70.9 Å². The lowest BCUT2D eigenvalue weighted by atomic mass is 10.2. The molecule has 2 rings (SSSR count). The van der Waals surface area contributed by atoms with Gasteiger partial charge in [0.1, 0.15) is 17.1 Å². The third kappa shape index (κ3) is 5.58.